The molecule has 0 spiro atoms. The number of halogens is 2. The van der Waals surface area contributed by atoms with E-state index in [0.29, 0.717) is 16.9 Å². The Morgan fingerprint density at radius 2 is 1.79 bits per heavy atom. The molecule has 0 aliphatic heterocycles. The van der Waals surface area contributed by atoms with Crippen molar-refractivity contribution in [1.82, 2.24) is 4.98 Å². The van der Waals surface area contributed by atoms with Gasteiger partial charge in [-0.2, -0.15) is 0 Å². The zero-order chi connectivity index (χ0) is 20.1. The van der Waals surface area contributed by atoms with Crippen LogP contribution in [0.3, 0.4) is 0 Å². The van der Waals surface area contributed by atoms with E-state index in [9.17, 15) is 18.4 Å². The van der Waals surface area contributed by atoms with Gasteiger partial charge in [-0.25, -0.2) is 18.6 Å². The Kier molecular flexibility index (Phi) is 5.59. The number of methoxy groups -OCH3 is 1. The van der Waals surface area contributed by atoms with E-state index < -0.39 is 23.5 Å². The Bertz CT molecular complexity index is 1020. The minimum atomic E-state index is -1.11. The zero-order valence-electron chi connectivity index (χ0n) is 14.7. The van der Waals surface area contributed by atoms with Gasteiger partial charge in [-0.3, -0.25) is 4.79 Å². The average Bonchev–Trinajstić information content (AvgIpc) is 2.71. The molecular weight excluding hydrogens is 368 g/mol. The number of benzene rings is 2. The number of hydrogen-bond donors (Lipinski definition) is 2. The van der Waals surface area contributed by atoms with Gasteiger partial charge >= 0.3 is 5.97 Å². The van der Waals surface area contributed by atoms with E-state index in [0.717, 1.165) is 12.1 Å². The predicted octanol–water partition coefficient (Wildman–Crippen LogP) is 4.14. The Hall–Kier alpha value is -3.81. The van der Waals surface area contributed by atoms with E-state index in [1.807, 2.05) is 0 Å². The molecule has 1 amide bonds. The highest BCUT2D eigenvalue weighted by molar-refractivity contribution is 6.03. The van der Waals surface area contributed by atoms with Crippen LogP contribution in [0, 0.1) is 11.6 Å². The first-order valence-corrected chi connectivity index (χ1v) is 8.15. The van der Waals surface area contributed by atoms with Crippen LogP contribution in [0.1, 0.15) is 20.7 Å². The third-order valence-electron chi connectivity index (χ3n) is 3.80. The van der Waals surface area contributed by atoms with Gasteiger partial charge in [0.15, 0.2) is 11.6 Å². The Balaban J connectivity index is 1.71. The number of esters is 1. The van der Waals surface area contributed by atoms with E-state index in [1.54, 1.807) is 30.3 Å². The molecule has 3 aromatic rings. The van der Waals surface area contributed by atoms with Crippen molar-refractivity contribution in [3.8, 4) is 0 Å². The number of para-hydroxylation sites is 1. The van der Waals surface area contributed by atoms with Gasteiger partial charge in [-0.1, -0.05) is 12.1 Å². The highest BCUT2D eigenvalue weighted by Gasteiger charge is 2.12. The first kappa shape index (κ1) is 19.0. The van der Waals surface area contributed by atoms with E-state index in [-0.39, 0.29) is 11.4 Å². The second kappa shape index (κ2) is 8.26. The first-order chi connectivity index (χ1) is 13.5. The summed E-state index contributed by atoms with van der Waals surface area (Å²) in [5, 5.41) is 5.54. The number of carbonyl (C=O) groups excluding carboxylic acids is 2. The summed E-state index contributed by atoms with van der Waals surface area (Å²) in [5.74, 6) is -3.02. The molecule has 142 valence electrons. The smallest absolute Gasteiger partial charge is 0.339 e. The lowest BCUT2D eigenvalue weighted by Crippen LogP contribution is -2.13. The molecule has 6 nitrogen and oxygen atoms in total. The molecule has 0 fully saturated rings. The number of nitrogens with one attached hydrogen (secondary N) is 2. The topological polar surface area (TPSA) is 80.3 Å². The van der Waals surface area contributed by atoms with Gasteiger partial charge in [-0.15, -0.1) is 0 Å². The molecule has 0 saturated heterocycles. The fourth-order valence-electron chi connectivity index (χ4n) is 2.40. The molecule has 2 N–H and O–H groups in total. The fraction of sp³-hybridized carbons (Fsp3) is 0.0500. The van der Waals surface area contributed by atoms with Crippen LogP contribution < -0.4 is 10.6 Å². The minimum absolute atomic E-state index is 0.0325. The monoisotopic (exact) mass is 383 g/mol. The molecule has 0 bridgehead atoms. The molecule has 3 rings (SSSR count). The third kappa shape index (κ3) is 4.29. The molecule has 0 unspecified atom stereocenters. The lowest BCUT2D eigenvalue weighted by atomic mass is 10.1. The lowest BCUT2D eigenvalue weighted by molar-refractivity contribution is 0.0601. The highest BCUT2D eigenvalue weighted by Crippen LogP contribution is 2.22. The quantitative estimate of drug-likeness (QED) is 0.647. The van der Waals surface area contributed by atoms with Crippen molar-refractivity contribution in [2.75, 3.05) is 17.7 Å². The second-order valence-corrected chi connectivity index (χ2v) is 5.68. The molecule has 0 atom stereocenters. The molecule has 0 aliphatic carbocycles. The minimum Gasteiger partial charge on any atom is -0.465 e. The van der Waals surface area contributed by atoms with Gasteiger partial charge in [-0.05, 0) is 42.5 Å². The SMILES string of the molecule is COC(=O)c1ccccc1Nc1ccc(NC(=O)c2ccc(F)c(F)c2)nc1. The molecule has 0 aliphatic rings. The van der Waals surface area contributed by atoms with Gasteiger partial charge in [0.25, 0.3) is 5.91 Å². The molecular formula is C20H15F2N3O3. The predicted molar refractivity (Wildman–Crippen MR) is 99.6 cm³/mol. The number of carbonyl (C=O) groups is 2. The highest BCUT2D eigenvalue weighted by atomic mass is 19.2. The summed E-state index contributed by atoms with van der Waals surface area (Å²) in [5.41, 5.74) is 1.44. The van der Waals surface area contributed by atoms with E-state index >= 15 is 0 Å². The van der Waals surface area contributed by atoms with Crippen LogP contribution in [-0.2, 0) is 4.74 Å². The summed E-state index contributed by atoms with van der Waals surface area (Å²) in [6.45, 7) is 0. The summed E-state index contributed by atoms with van der Waals surface area (Å²) in [4.78, 5) is 28.0. The van der Waals surface area contributed by atoms with E-state index in [1.165, 1.54) is 25.4 Å². The van der Waals surface area contributed by atoms with Crippen molar-refractivity contribution >= 4 is 29.1 Å². The number of anilines is 3. The molecule has 1 heterocycles. The number of amides is 1. The number of nitrogens with zero attached hydrogens (tertiary/aromatic N) is 1. The van der Waals surface area contributed by atoms with Crippen molar-refractivity contribution in [2.24, 2.45) is 0 Å². The molecule has 2 aromatic carbocycles. The van der Waals surface area contributed by atoms with Crippen LogP contribution in [0.5, 0.6) is 0 Å². The lowest BCUT2D eigenvalue weighted by Gasteiger charge is -2.11. The van der Waals surface area contributed by atoms with Gasteiger partial charge < -0.3 is 15.4 Å². The average molecular weight is 383 g/mol. The molecule has 28 heavy (non-hydrogen) atoms. The van der Waals surface area contributed by atoms with Crippen LogP contribution in [0.4, 0.5) is 26.0 Å². The van der Waals surface area contributed by atoms with Crippen LogP contribution in [0.15, 0.2) is 60.8 Å². The summed E-state index contributed by atoms with van der Waals surface area (Å²) in [6.07, 6.45) is 1.45. The van der Waals surface area contributed by atoms with E-state index in [4.69, 9.17) is 4.74 Å². The van der Waals surface area contributed by atoms with Crippen LogP contribution in [0.25, 0.3) is 0 Å². The standard InChI is InChI=1S/C20H15F2N3O3/c1-28-20(27)14-4-2-3-5-17(14)24-13-7-9-18(23-11-13)25-19(26)12-6-8-15(21)16(22)10-12/h2-11,24H,1H3,(H,23,25,26). The number of ether oxygens (including phenoxy) is 1. The summed E-state index contributed by atoms with van der Waals surface area (Å²) < 4.78 is 30.9. The van der Waals surface area contributed by atoms with Gasteiger partial charge in [0.1, 0.15) is 5.82 Å². The normalized spacial score (nSPS) is 10.2. The Labute approximate surface area is 159 Å². The number of aromatic nitrogens is 1. The van der Waals surface area contributed by atoms with Crippen molar-refractivity contribution < 1.29 is 23.1 Å². The van der Waals surface area contributed by atoms with Crippen molar-refractivity contribution in [1.29, 1.82) is 0 Å². The third-order valence-corrected chi connectivity index (χ3v) is 3.80. The maximum Gasteiger partial charge on any atom is 0.339 e. The largest absolute Gasteiger partial charge is 0.465 e. The summed E-state index contributed by atoms with van der Waals surface area (Å²) >= 11 is 0. The molecule has 0 radical (unpaired) electrons. The molecule has 0 saturated carbocycles. The second-order valence-electron chi connectivity index (χ2n) is 5.68. The van der Waals surface area contributed by atoms with Crippen LogP contribution >= 0.6 is 0 Å². The van der Waals surface area contributed by atoms with E-state index in [2.05, 4.69) is 15.6 Å². The summed E-state index contributed by atoms with van der Waals surface area (Å²) in [7, 11) is 1.30. The van der Waals surface area contributed by atoms with Crippen LogP contribution in [0.2, 0.25) is 0 Å². The van der Waals surface area contributed by atoms with Crippen molar-refractivity contribution in [2.45, 2.75) is 0 Å². The maximum atomic E-state index is 13.2. The zero-order valence-corrected chi connectivity index (χ0v) is 14.7. The maximum absolute atomic E-state index is 13.2. The number of hydrogen-bond acceptors (Lipinski definition) is 5. The number of rotatable bonds is 5. The fourth-order valence-corrected chi connectivity index (χ4v) is 2.40. The Morgan fingerprint density at radius 3 is 2.46 bits per heavy atom. The van der Waals surface area contributed by atoms with Gasteiger partial charge in [0.05, 0.1) is 30.2 Å². The Morgan fingerprint density at radius 1 is 1.00 bits per heavy atom. The summed E-state index contributed by atoms with van der Waals surface area (Å²) in [6, 6.07) is 12.8. The first-order valence-electron chi connectivity index (χ1n) is 8.15. The molecule has 8 heteroatoms. The van der Waals surface area contributed by atoms with Gasteiger partial charge in [0, 0.05) is 5.56 Å². The van der Waals surface area contributed by atoms with Gasteiger partial charge in [0.2, 0.25) is 0 Å². The molecule has 1 aromatic heterocycles. The number of pyridine rings is 1. The van der Waals surface area contributed by atoms with Crippen LogP contribution in [-0.4, -0.2) is 24.0 Å². The van der Waals surface area contributed by atoms with Crippen molar-refractivity contribution in [3.63, 3.8) is 0 Å². The van der Waals surface area contributed by atoms with Crippen molar-refractivity contribution in [3.05, 3.63) is 83.6 Å².